The van der Waals surface area contributed by atoms with Crippen LogP contribution in [-0.2, 0) is 17.8 Å². The van der Waals surface area contributed by atoms with Crippen LogP contribution in [0, 0.1) is 0 Å². The first kappa shape index (κ1) is 12.9. The Morgan fingerprint density at radius 2 is 2.37 bits per heavy atom. The quantitative estimate of drug-likeness (QED) is 0.890. The molecule has 2 heterocycles. The Balaban J connectivity index is 1.71. The van der Waals surface area contributed by atoms with E-state index in [9.17, 15) is 4.79 Å². The van der Waals surface area contributed by atoms with E-state index in [2.05, 4.69) is 38.7 Å². The Morgan fingerprint density at radius 1 is 1.47 bits per heavy atom. The summed E-state index contributed by atoms with van der Waals surface area (Å²) in [5, 5.41) is 6.22. The molecule has 0 aromatic heterocycles. The Labute approximate surface area is 121 Å². The molecule has 2 aliphatic heterocycles. The summed E-state index contributed by atoms with van der Waals surface area (Å²) in [6.45, 7) is 2.22. The van der Waals surface area contributed by atoms with E-state index in [-0.39, 0.29) is 11.9 Å². The van der Waals surface area contributed by atoms with Crippen molar-refractivity contribution in [3.63, 3.8) is 0 Å². The fourth-order valence-corrected chi connectivity index (χ4v) is 3.23. The number of ether oxygens (including phenoxy) is 1. The zero-order chi connectivity index (χ0) is 13.2. The van der Waals surface area contributed by atoms with Gasteiger partial charge in [-0.1, -0.05) is 15.9 Å². The number of hydrogen-bond donors (Lipinski definition) is 2. The summed E-state index contributed by atoms with van der Waals surface area (Å²) in [7, 11) is 0. The Bertz CT molecular complexity index is 504. The third kappa shape index (κ3) is 2.77. The standard InChI is InChI=1S/C14H17BrN2O2/c15-11-6-9-3-5-19-13(9)10(7-11)8-17-12-2-1-4-16-14(12)18/h6-7,12,17H,1-5,8H2,(H,16,18). The number of amides is 1. The van der Waals surface area contributed by atoms with E-state index in [1.807, 2.05) is 0 Å². The van der Waals surface area contributed by atoms with Crippen LogP contribution < -0.4 is 15.4 Å². The summed E-state index contributed by atoms with van der Waals surface area (Å²) >= 11 is 3.53. The number of hydrogen-bond acceptors (Lipinski definition) is 3. The minimum atomic E-state index is -0.0789. The summed E-state index contributed by atoms with van der Waals surface area (Å²) in [5.41, 5.74) is 2.37. The highest BCUT2D eigenvalue weighted by molar-refractivity contribution is 9.10. The number of carbonyl (C=O) groups excluding carboxylic acids is 1. The van der Waals surface area contributed by atoms with E-state index in [0.717, 1.165) is 48.2 Å². The van der Waals surface area contributed by atoms with Gasteiger partial charge < -0.3 is 15.4 Å². The molecule has 0 radical (unpaired) electrons. The van der Waals surface area contributed by atoms with Crippen LogP contribution in [0.1, 0.15) is 24.0 Å². The highest BCUT2D eigenvalue weighted by Crippen LogP contribution is 2.33. The summed E-state index contributed by atoms with van der Waals surface area (Å²) in [6, 6.07) is 4.10. The zero-order valence-electron chi connectivity index (χ0n) is 10.7. The van der Waals surface area contributed by atoms with E-state index >= 15 is 0 Å². The smallest absolute Gasteiger partial charge is 0.237 e. The van der Waals surface area contributed by atoms with Crippen LogP contribution in [-0.4, -0.2) is 25.1 Å². The first-order valence-corrected chi connectivity index (χ1v) is 7.48. The van der Waals surface area contributed by atoms with Gasteiger partial charge in [0.25, 0.3) is 0 Å². The normalized spacial score (nSPS) is 21.7. The second-order valence-electron chi connectivity index (χ2n) is 5.02. The second kappa shape index (κ2) is 5.51. The monoisotopic (exact) mass is 324 g/mol. The average Bonchev–Trinajstić information content (AvgIpc) is 2.85. The number of halogens is 1. The molecular formula is C14H17BrN2O2. The lowest BCUT2D eigenvalue weighted by atomic mass is 10.0. The van der Waals surface area contributed by atoms with Crippen molar-refractivity contribution < 1.29 is 9.53 Å². The molecule has 0 aliphatic carbocycles. The molecule has 2 N–H and O–H groups in total. The second-order valence-corrected chi connectivity index (χ2v) is 5.93. The molecule has 1 fully saturated rings. The molecule has 1 aromatic carbocycles. The molecular weight excluding hydrogens is 308 g/mol. The molecule has 0 saturated carbocycles. The maximum atomic E-state index is 11.7. The van der Waals surface area contributed by atoms with Crippen LogP contribution in [0.5, 0.6) is 5.75 Å². The SMILES string of the molecule is O=C1NCCCC1NCc1cc(Br)cc2c1OCC2. The number of fused-ring (bicyclic) bond motifs is 1. The summed E-state index contributed by atoms with van der Waals surface area (Å²) in [4.78, 5) is 11.7. The van der Waals surface area contributed by atoms with Gasteiger partial charge in [0.1, 0.15) is 5.75 Å². The van der Waals surface area contributed by atoms with Gasteiger partial charge in [0.05, 0.1) is 12.6 Å². The van der Waals surface area contributed by atoms with Crippen molar-refractivity contribution >= 4 is 21.8 Å². The van der Waals surface area contributed by atoms with Gasteiger partial charge in [-0.25, -0.2) is 0 Å². The van der Waals surface area contributed by atoms with Crippen LogP contribution >= 0.6 is 15.9 Å². The molecule has 0 spiro atoms. The average molecular weight is 325 g/mol. The molecule has 1 saturated heterocycles. The Kier molecular flexibility index (Phi) is 3.75. The van der Waals surface area contributed by atoms with Gasteiger partial charge in [-0.15, -0.1) is 0 Å². The number of benzene rings is 1. The minimum Gasteiger partial charge on any atom is -0.493 e. The molecule has 1 amide bonds. The van der Waals surface area contributed by atoms with Crippen molar-refractivity contribution in [2.75, 3.05) is 13.2 Å². The lowest BCUT2D eigenvalue weighted by molar-refractivity contribution is -0.124. The van der Waals surface area contributed by atoms with Gasteiger partial charge in [-0.2, -0.15) is 0 Å². The predicted octanol–water partition coefficient (Wildman–Crippen LogP) is 1.75. The van der Waals surface area contributed by atoms with Gasteiger partial charge in [0.2, 0.25) is 5.91 Å². The predicted molar refractivity (Wildman–Crippen MR) is 76.2 cm³/mol. The van der Waals surface area contributed by atoms with Gasteiger partial charge in [-0.05, 0) is 30.5 Å². The maximum Gasteiger partial charge on any atom is 0.237 e. The van der Waals surface area contributed by atoms with E-state index in [1.165, 1.54) is 5.56 Å². The van der Waals surface area contributed by atoms with Crippen LogP contribution in [0.15, 0.2) is 16.6 Å². The third-order valence-corrected chi connectivity index (χ3v) is 4.11. The van der Waals surface area contributed by atoms with Gasteiger partial charge in [0, 0.05) is 29.5 Å². The first-order chi connectivity index (χ1) is 9.24. The Morgan fingerprint density at radius 3 is 3.21 bits per heavy atom. The van der Waals surface area contributed by atoms with Crippen LogP contribution in [0.2, 0.25) is 0 Å². The fourth-order valence-electron chi connectivity index (χ4n) is 2.68. The lowest BCUT2D eigenvalue weighted by Gasteiger charge is -2.23. The van der Waals surface area contributed by atoms with Crippen LogP contribution in [0.3, 0.4) is 0 Å². The van der Waals surface area contributed by atoms with Crippen molar-refractivity contribution in [2.45, 2.75) is 31.8 Å². The number of carbonyl (C=O) groups is 1. The van der Waals surface area contributed by atoms with Gasteiger partial charge >= 0.3 is 0 Å². The van der Waals surface area contributed by atoms with Crippen molar-refractivity contribution in [3.05, 3.63) is 27.7 Å². The highest BCUT2D eigenvalue weighted by atomic mass is 79.9. The van der Waals surface area contributed by atoms with Crippen LogP contribution in [0.25, 0.3) is 0 Å². The molecule has 1 atom stereocenters. The molecule has 1 unspecified atom stereocenters. The largest absolute Gasteiger partial charge is 0.493 e. The molecule has 1 aromatic rings. The molecule has 5 heteroatoms. The van der Waals surface area contributed by atoms with Crippen molar-refractivity contribution in [1.82, 2.24) is 10.6 Å². The molecule has 102 valence electrons. The summed E-state index contributed by atoms with van der Waals surface area (Å²) < 4.78 is 6.76. The van der Waals surface area contributed by atoms with E-state index < -0.39 is 0 Å². The lowest BCUT2D eigenvalue weighted by Crippen LogP contribution is -2.47. The molecule has 2 aliphatic rings. The van der Waals surface area contributed by atoms with Crippen molar-refractivity contribution in [1.29, 1.82) is 0 Å². The molecule has 19 heavy (non-hydrogen) atoms. The van der Waals surface area contributed by atoms with E-state index in [0.29, 0.717) is 6.54 Å². The number of rotatable bonds is 3. The molecule has 3 rings (SSSR count). The van der Waals surface area contributed by atoms with Gasteiger partial charge in [0.15, 0.2) is 0 Å². The van der Waals surface area contributed by atoms with Crippen molar-refractivity contribution in [2.24, 2.45) is 0 Å². The fraction of sp³-hybridized carbons (Fsp3) is 0.500. The van der Waals surface area contributed by atoms with Crippen LogP contribution in [0.4, 0.5) is 0 Å². The molecule has 4 nitrogen and oxygen atoms in total. The zero-order valence-corrected chi connectivity index (χ0v) is 12.3. The summed E-state index contributed by atoms with van der Waals surface area (Å²) in [6.07, 6.45) is 2.91. The Hall–Kier alpha value is -1.07. The topological polar surface area (TPSA) is 50.4 Å². The third-order valence-electron chi connectivity index (χ3n) is 3.65. The first-order valence-electron chi connectivity index (χ1n) is 6.69. The highest BCUT2D eigenvalue weighted by Gasteiger charge is 2.23. The number of nitrogens with one attached hydrogen (secondary N) is 2. The van der Waals surface area contributed by atoms with E-state index in [4.69, 9.17) is 4.74 Å². The maximum absolute atomic E-state index is 11.7. The van der Waals surface area contributed by atoms with Gasteiger partial charge in [-0.3, -0.25) is 4.79 Å². The van der Waals surface area contributed by atoms with E-state index in [1.54, 1.807) is 0 Å². The molecule has 0 bridgehead atoms. The minimum absolute atomic E-state index is 0.0789. The summed E-state index contributed by atoms with van der Waals surface area (Å²) in [5.74, 6) is 1.10. The number of piperidine rings is 1. The van der Waals surface area contributed by atoms with Crippen molar-refractivity contribution in [3.8, 4) is 5.75 Å².